The van der Waals surface area contributed by atoms with Gasteiger partial charge in [0.2, 0.25) is 0 Å². The van der Waals surface area contributed by atoms with Crippen LogP contribution in [-0.2, 0) is 24.2 Å². The van der Waals surface area contributed by atoms with Crippen molar-refractivity contribution in [2.75, 3.05) is 39.1 Å². The minimum atomic E-state index is -0.0617. The van der Waals surface area contributed by atoms with E-state index >= 15 is 0 Å². The average Bonchev–Trinajstić information content (AvgIpc) is 3.20. The van der Waals surface area contributed by atoms with Crippen molar-refractivity contribution >= 4 is 23.6 Å². The van der Waals surface area contributed by atoms with Crippen molar-refractivity contribution in [1.29, 1.82) is 0 Å². The molecule has 0 aliphatic carbocycles. The molecule has 2 aromatic rings. The molecular formula is C23H31N5O3S. The summed E-state index contributed by atoms with van der Waals surface area (Å²) in [5, 5.41) is 5.49. The van der Waals surface area contributed by atoms with Crippen molar-refractivity contribution in [2.24, 2.45) is 5.92 Å². The van der Waals surface area contributed by atoms with Gasteiger partial charge in [0.25, 0.3) is 11.8 Å². The average molecular weight is 458 g/mol. The van der Waals surface area contributed by atoms with Crippen molar-refractivity contribution < 1.29 is 14.3 Å². The number of morpholine rings is 1. The van der Waals surface area contributed by atoms with Crippen LogP contribution in [0.4, 0.5) is 0 Å². The Morgan fingerprint density at radius 2 is 1.94 bits per heavy atom. The van der Waals surface area contributed by atoms with E-state index in [-0.39, 0.29) is 11.8 Å². The van der Waals surface area contributed by atoms with Crippen molar-refractivity contribution in [3.05, 3.63) is 40.8 Å². The summed E-state index contributed by atoms with van der Waals surface area (Å²) < 4.78 is 7.41. The molecule has 2 amide bonds. The van der Waals surface area contributed by atoms with Gasteiger partial charge in [-0.05, 0) is 30.7 Å². The van der Waals surface area contributed by atoms with Gasteiger partial charge in [0.1, 0.15) is 5.03 Å². The lowest BCUT2D eigenvalue weighted by atomic mass is 10.0. The third kappa shape index (κ3) is 4.68. The Hall–Kier alpha value is -2.39. The summed E-state index contributed by atoms with van der Waals surface area (Å²) in [6, 6.07) is 3.61. The van der Waals surface area contributed by atoms with Crippen LogP contribution >= 0.6 is 11.8 Å². The highest BCUT2D eigenvalue weighted by Gasteiger charge is 2.33. The van der Waals surface area contributed by atoms with Gasteiger partial charge in [-0.2, -0.15) is 5.10 Å². The van der Waals surface area contributed by atoms with Crippen molar-refractivity contribution in [3.8, 4) is 0 Å². The number of carbonyl (C=O) groups excluding carboxylic acids is 2. The first-order valence-electron chi connectivity index (χ1n) is 11.2. The highest BCUT2D eigenvalue weighted by atomic mass is 32.2. The van der Waals surface area contributed by atoms with Crippen molar-refractivity contribution in [3.63, 3.8) is 0 Å². The van der Waals surface area contributed by atoms with Crippen LogP contribution in [0.15, 0.2) is 23.4 Å². The minimum Gasteiger partial charge on any atom is -0.378 e. The number of ether oxygens (including phenoxy) is 1. The fourth-order valence-electron chi connectivity index (χ4n) is 4.20. The number of aromatic nitrogens is 3. The first kappa shape index (κ1) is 22.8. The van der Waals surface area contributed by atoms with E-state index in [9.17, 15) is 9.59 Å². The number of rotatable bonds is 6. The molecule has 1 saturated heterocycles. The van der Waals surface area contributed by atoms with Crippen LogP contribution in [0.3, 0.4) is 0 Å². The molecule has 0 spiro atoms. The van der Waals surface area contributed by atoms with Crippen LogP contribution < -0.4 is 0 Å². The molecule has 0 aromatic carbocycles. The van der Waals surface area contributed by atoms with E-state index in [4.69, 9.17) is 9.84 Å². The fraction of sp³-hybridized carbons (Fsp3) is 0.565. The summed E-state index contributed by atoms with van der Waals surface area (Å²) in [4.78, 5) is 34.6. The molecule has 0 N–H and O–H groups in total. The van der Waals surface area contributed by atoms with Gasteiger partial charge in [-0.3, -0.25) is 14.3 Å². The second-order valence-corrected chi connectivity index (χ2v) is 9.42. The molecule has 0 unspecified atom stereocenters. The molecule has 2 aromatic heterocycles. The zero-order valence-electron chi connectivity index (χ0n) is 19.0. The highest BCUT2D eigenvalue weighted by Crippen LogP contribution is 2.27. The lowest BCUT2D eigenvalue weighted by Gasteiger charge is -2.29. The van der Waals surface area contributed by atoms with Gasteiger partial charge in [-0.15, -0.1) is 11.8 Å². The summed E-state index contributed by atoms with van der Waals surface area (Å²) in [6.45, 7) is 8.39. The summed E-state index contributed by atoms with van der Waals surface area (Å²) in [7, 11) is 0. The zero-order chi connectivity index (χ0) is 22.7. The van der Waals surface area contributed by atoms with Crippen LogP contribution in [0.5, 0.6) is 0 Å². The Balaban J connectivity index is 1.64. The molecule has 1 fully saturated rings. The normalized spacial score (nSPS) is 16.4. The number of nitrogens with zero attached hydrogens (tertiary/aromatic N) is 5. The molecule has 2 aliphatic rings. The second kappa shape index (κ2) is 10.0. The first-order valence-corrected chi connectivity index (χ1v) is 12.5. The maximum absolute atomic E-state index is 13.3. The van der Waals surface area contributed by atoms with Gasteiger partial charge < -0.3 is 14.5 Å². The van der Waals surface area contributed by atoms with Crippen LogP contribution in [0.1, 0.15) is 52.4 Å². The Labute approximate surface area is 193 Å². The lowest BCUT2D eigenvalue weighted by molar-refractivity contribution is 0.0296. The number of amides is 2. The zero-order valence-corrected chi connectivity index (χ0v) is 19.9. The molecule has 0 radical (unpaired) electrons. The highest BCUT2D eigenvalue weighted by molar-refractivity contribution is 7.98. The molecule has 4 rings (SSSR count). The largest absolute Gasteiger partial charge is 0.378 e. The van der Waals surface area contributed by atoms with Crippen LogP contribution in [0.25, 0.3) is 0 Å². The molecule has 9 heteroatoms. The molecule has 172 valence electrons. The van der Waals surface area contributed by atoms with Gasteiger partial charge in [-0.1, -0.05) is 13.8 Å². The smallest absolute Gasteiger partial charge is 0.274 e. The minimum absolute atomic E-state index is 0.0483. The number of hydrogen-bond acceptors (Lipinski definition) is 6. The third-order valence-corrected chi connectivity index (χ3v) is 6.75. The number of aryl methyl sites for hydroxylation is 1. The number of fused-ring (bicyclic) bond motifs is 1. The van der Waals surface area contributed by atoms with Crippen LogP contribution in [0, 0.1) is 5.92 Å². The van der Waals surface area contributed by atoms with Crippen LogP contribution in [0.2, 0.25) is 0 Å². The SMILES string of the molecule is CSc1ncccc1C(=O)N1CCc2c(c(C(=O)N3CCOCC3)nn2CCC(C)C)C1. The summed E-state index contributed by atoms with van der Waals surface area (Å²) in [5.74, 6) is 0.437. The molecule has 0 saturated carbocycles. The first-order chi connectivity index (χ1) is 15.5. The Kier molecular flexibility index (Phi) is 7.15. The molecule has 0 atom stereocenters. The summed E-state index contributed by atoms with van der Waals surface area (Å²) in [6.07, 6.45) is 5.31. The van der Waals surface area contributed by atoms with Gasteiger partial charge in [0, 0.05) is 50.1 Å². The topological polar surface area (TPSA) is 80.6 Å². The number of thioether (sulfide) groups is 1. The lowest BCUT2D eigenvalue weighted by Crippen LogP contribution is -2.42. The predicted octanol–water partition coefficient (Wildman–Crippen LogP) is 2.72. The van der Waals surface area contributed by atoms with Crippen molar-refractivity contribution in [1.82, 2.24) is 24.6 Å². The van der Waals surface area contributed by atoms with Gasteiger partial charge in [0.15, 0.2) is 5.69 Å². The standard InChI is InChI=1S/C23H31N5O3S/c1-16(2)6-10-28-19-7-9-27(22(29)17-5-4-8-24-21(17)32-3)15-18(19)20(25-28)23(30)26-11-13-31-14-12-26/h4-5,8,16H,6-7,9-15H2,1-3H3. The van der Waals surface area contributed by atoms with E-state index in [1.165, 1.54) is 11.8 Å². The molecule has 32 heavy (non-hydrogen) atoms. The molecular weight excluding hydrogens is 426 g/mol. The van der Waals surface area contributed by atoms with Crippen molar-refractivity contribution in [2.45, 2.75) is 44.8 Å². The summed E-state index contributed by atoms with van der Waals surface area (Å²) in [5.41, 5.74) is 3.07. The van der Waals surface area contributed by atoms with Gasteiger partial charge in [0.05, 0.1) is 25.3 Å². The molecule has 2 aliphatic heterocycles. The monoisotopic (exact) mass is 457 g/mol. The molecule has 8 nitrogen and oxygen atoms in total. The fourth-order valence-corrected chi connectivity index (χ4v) is 4.75. The third-order valence-electron chi connectivity index (χ3n) is 6.04. The van der Waals surface area contributed by atoms with Crippen LogP contribution in [-0.4, -0.2) is 75.5 Å². The van der Waals surface area contributed by atoms with Gasteiger partial charge in [-0.25, -0.2) is 4.98 Å². The van der Waals surface area contributed by atoms with E-state index in [0.717, 1.165) is 29.2 Å². The van der Waals surface area contributed by atoms with E-state index in [1.54, 1.807) is 12.3 Å². The van der Waals surface area contributed by atoms with E-state index < -0.39 is 0 Å². The maximum atomic E-state index is 13.3. The molecule has 0 bridgehead atoms. The Morgan fingerprint density at radius 1 is 1.16 bits per heavy atom. The Bertz CT molecular complexity index is 984. The predicted molar refractivity (Wildman–Crippen MR) is 123 cm³/mol. The number of pyridine rings is 1. The quantitative estimate of drug-likeness (QED) is 0.621. The van der Waals surface area contributed by atoms with E-state index in [0.29, 0.717) is 63.0 Å². The second-order valence-electron chi connectivity index (χ2n) is 8.62. The summed E-state index contributed by atoms with van der Waals surface area (Å²) >= 11 is 1.47. The molecule has 4 heterocycles. The maximum Gasteiger partial charge on any atom is 0.274 e. The Morgan fingerprint density at radius 3 is 2.66 bits per heavy atom. The van der Waals surface area contributed by atoms with E-state index in [1.807, 2.05) is 26.8 Å². The van der Waals surface area contributed by atoms with E-state index in [2.05, 4.69) is 18.8 Å². The van der Waals surface area contributed by atoms with Gasteiger partial charge >= 0.3 is 0 Å². The number of carbonyl (C=O) groups is 2. The number of hydrogen-bond donors (Lipinski definition) is 0.